The molecule has 2 unspecified atom stereocenters. The Labute approximate surface area is 592 Å². The van der Waals surface area contributed by atoms with Crippen molar-refractivity contribution in [2.24, 2.45) is 28.2 Å². The average Bonchev–Trinajstić information content (AvgIpc) is 0.669. The molecule has 8 rings (SSSR count). The fourth-order valence-corrected chi connectivity index (χ4v) is 14.0. The number of amides is 7. The molecule has 11 N–H and O–H groups in total. The lowest BCUT2D eigenvalue weighted by molar-refractivity contribution is -0.346. The number of unbranched alkanes of at least 4 members (excludes halogenated alkanes) is 1. The van der Waals surface area contributed by atoms with Crippen LogP contribution in [-0.4, -0.2) is 166 Å². The van der Waals surface area contributed by atoms with E-state index in [0.717, 1.165) is 19.9 Å². The van der Waals surface area contributed by atoms with E-state index in [2.05, 4.69) is 26.6 Å². The lowest BCUT2D eigenvalue weighted by Crippen LogP contribution is -2.82. The molecule has 4 aromatic carbocycles. The third kappa shape index (κ3) is 18.0. The van der Waals surface area contributed by atoms with Crippen molar-refractivity contribution in [3.05, 3.63) is 161 Å². The second-order valence-corrected chi connectivity index (χ2v) is 26.8. The van der Waals surface area contributed by atoms with Crippen LogP contribution in [0.15, 0.2) is 132 Å². The number of primary amides is 2. The molecule has 3 aliphatic carbocycles. The summed E-state index contributed by atoms with van der Waals surface area (Å²) in [4.78, 5) is 178. The topological polar surface area (TPSA) is 430 Å². The first-order chi connectivity index (χ1) is 48.7. The van der Waals surface area contributed by atoms with E-state index in [1.807, 2.05) is 0 Å². The normalized spacial score (nSPS) is 24.5. The molecule has 28 nitrogen and oxygen atoms in total. The molecule has 0 spiro atoms. The van der Waals surface area contributed by atoms with Gasteiger partial charge >= 0.3 is 29.8 Å². The van der Waals surface area contributed by atoms with Crippen LogP contribution in [0.3, 0.4) is 0 Å². The smallest absolute Gasteiger partial charge is 0.350 e. The minimum Gasteiger partial charge on any atom is -0.455 e. The Balaban J connectivity index is 0.982. The van der Waals surface area contributed by atoms with Gasteiger partial charge in [-0.1, -0.05) is 92.7 Å². The summed E-state index contributed by atoms with van der Waals surface area (Å²) in [5.41, 5.74) is 3.36. The number of rotatable bonds is 30. The van der Waals surface area contributed by atoms with Gasteiger partial charge in [0.05, 0.1) is 36.0 Å². The molecule has 550 valence electrons. The minimum atomic E-state index is -2.58. The molecule has 103 heavy (non-hydrogen) atoms. The van der Waals surface area contributed by atoms with Crippen molar-refractivity contribution in [2.45, 2.75) is 178 Å². The van der Waals surface area contributed by atoms with Gasteiger partial charge in [0.25, 0.3) is 5.91 Å². The molecule has 2 saturated carbocycles. The molecule has 2 bridgehead atoms. The SMILES string of the molecule is CC(=O)O[C@H]1C(=O)[C@@]2(C)[C@H]([C@H](OC(=O)c3ccccc3)[C@]3(O)C[C@H](OC(=O)[C@H](OC(=O)CCC(=O)NCCCCC(NC(=O)CC[C@H](NC(=O)C(C)NC(=O)/C=C/c4ccc(F)cc4)C(N)=O)C(N)=O)[C@H](NC(=O)c4ccccc4)c4ccccc4)C(C)=C1C3(C)C)[C@]1(OC(C)=O)CO[C@@H]1C[C@@H]2O. The highest BCUT2D eigenvalue weighted by atomic mass is 19.1. The fraction of sp³-hybridized carbons (Fsp3) is 0.446. The number of carbonyl (C=O) groups excluding carboxylic acids is 13. The highest BCUT2D eigenvalue weighted by Gasteiger charge is 2.78. The van der Waals surface area contributed by atoms with Crippen LogP contribution in [0.2, 0.25) is 0 Å². The highest BCUT2D eigenvalue weighted by Crippen LogP contribution is 2.64. The lowest BCUT2D eigenvalue weighted by Gasteiger charge is -2.67. The van der Waals surface area contributed by atoms with E-state index < -0.39 is 204 Å². The number of fused-ring (bicyclic) bond motifs is 5. The van der Waals surface area contributed by atoms with Gasteiger partial charge in [-0.25, -0.2) is 14.0 Å². The maximum atomic E-state index is 15.9. The summed E-state index contributed by atoms with van der Waals surface area (Å²) in [5, 5.41) is 39.2. The van der Waals surface area contributed by atoms with Crippen molar-refractivity contribution >= 4 is 83.1 Å². The number of ketones is 1. The van der Waals surface area contributed by atoms with Gasteiger partial charge in [0.1, 0.15) is 53.9 Å². The first-order valence-corrected chi connectivity index (χ1v) is 33.6. The number of esters is 5. The van der Waals surface area contributed by atoms with Crippen molar-refractivity contribution < 1.29 is 105 Å². The Morgan fingerprint density at radius 1 is 0.718 bits per heavy atom. The van der Waals surface area contributed by atoms with Crippen molar-refractivity contribution in [3.63, 3.8) is 0 Å². The zero-order valence-corrected chi connectivity index (χ0v) is 57.9. The van der Waals surface area contributed by atoms with Gasteiger partial charge in [-0.05, 0) is 111 Å². The van der Waals surface area contributed by atoms with Gasteiger partial charge < -0.3 is 76.7 Å². The first-order valence-electron chi connectivity index (χ1n) is 33.6. The third-order valence-electron chi connectivity index (χ3n) is 19.6. The van der Waals surface area contributed by atoms with Gasteiger partial charge in [-0.3, -0.25) is 52.7 Å². The van der Waals surface area contributed by atoms with Crippen LogP contribution in [0.1, 0.15) is 144 Å². The molecule has 0 radical (unpaired) electrons. The van der Waals surface area contributed by atoms with Crippen LogP contribution < -0.4 is 38.1 Å². The van der Waals surface area contributed by atoms with Gasteiger partial charge in [0, 0.05) is 63.1 Å². The largest absolute Gasteiger partial charge is 0.455 e. The fourth-order valence-electron chi connectivity index (χ4n) is 14.0. The van der Waals surface area contributed by atoms with E-state index in [4.69, 9.17) is 39.9 Å². The summed E-state index contributed by atoms with van der Waals surface area (Å²) >= 11 is 0. The molecule has 1 heterocycles. The van der Waals surface area contributed by atoms with Crippen LogP contribution in [-0.2, 0) is 81.2 Å². The van der Waals surface area contributed by atoms with Crippen molar-refractivity contribution in [2.75, 3.05) is 13.2 Å². The van der Waals surface area contributed by atoms with Crippen LogP contribution in [0.5, 0.6) is 0 Å². The molecule has 7 amide bonds. The summed E-state index contributed by atoms with van der Waals surface area (Å²) in [6.45, 7) is 8.84. The van der Waals surface area contributed by atoms with Crippen LogP contribution in [0.25, 0.3) is 6.08 Å². The molecule has 14 atom stereocenters. The number of aliphatic hydroxyl groups excluding tert-OH is 1. The number of hydrogen-bond acceptors (Lipinski definition) is 21. The predicted octanol–water partition coefficient (Wildman–Crippen LogP) is 3.43. The van der Waals surface area contributed by atoms with Gasteiger partial charge in [-0.15, -0.1) is 0 Å². The Hall–Kier alpha value is -10.5. The van der Waals surface area contributed by atoms with E-state index >= 15 is 9.59 Å². The number of halogens is 1. The maximum absolute atomic E-state index is 15.9. The van der Waals surface area contributed by atoms with Gasteiger partial charge in [0.2, 0.25) is 41.5 Å². The molecule has 0 aromatic heterocycles. The zero-order chi connectivity index (χ0) is 75.3. The number of carbonyl (C=O) groups is 13. The zero-order valence-electron chi connectivity index (χ0n) is 57.9. The van der Waals surface area contributed by atoms with Crippen molar-refractivity contribution in [3.8, 4) is 0 Å². The third-order valence-corrected chi connectivity index (χ3v) is 19.6. The number of nitrogens with one attached hydrogen (secondary N) is 5. The molecule has 29 heteroatoms. The maximum Gasteiger partial charge on any atom is 0.350 e. The van der Waals surface area contributed by atoms with Crippen molar-refractivity contribution in [1.29, 1.82) is 0 Å². The second kappa shape index (κ2) is 33.5. The van der Waals surface area contributed by atoms with Crippen LogP contribution in [0, 0.1) is 22.6 Å². The number of Topliss-reactive ketones (excluding diaryl/α,β-unsaturated/α-hetero) is 1. The monoisotopic (exact) mass is 1430 g/mol. The number of aliphatic hydroxyl groups is 2. The second-order valence-electron chi connectivity index (χ2n) is 26.8. The minimum absolute atomic E-state index is 0.00853. The first kappa shape index (κ1) is 78.2. The van der Waals surface area contributed by atoms with Gasteiger partial charge in [0.15, 0.2) is 17.5 Å². The Kier molecular flexibility index (Phi) is 25.4. The van der Waals surface area contributed by atoms with E-state index in [-0.39, 0.29) is 66.5 Å². The molecule has 4 aliphatic rings. The van der Waals surface area contributed by atoms with E-state index in [9.17, 15) is 67.3 Å². The Morgan fingerprint density at radius 2 is 1.33 bits per heavy atom. The Morgan fingerprint density at radius 3 is 1.92 bits per heavy atom. The molecular weight excluding hydrogens is 1340 g/mol. The van der Waals surface area contributed by atoms with Crippen molar-refractivity contribution in [1.82, 2.24) is 26.6 Å². The molecule has 3 fully saturated rings. The quantitative estimate of drug-likeness (QED) is 0.0119. The summed E-state index contributed by atoms with van der Waals surface area (Å²) in [7, 11) is 0. The number of ether oxygens (including phenoxy) is 6. The molecule has 1 saturated heterocycles. The van der Waals surface area contributed by atoms with E-state index in [0.29, 0.717) is 5.56 Å². The summed E-state index contributed by atoms with van der Waals surface area (Å²) in [5.74, 6) is -14.0. The highest BCUT2D eigenvalue weighted by molar-refractivity contribution is 5.98. The van der Waals surface area contributed by atoms with Crippen LogP contribution in [0.4, 0.5) is 4.39 Å². The van der Waals surface area contributed by atoms with Crippen LogP contribution >= 0.6 is 0 Å². The standard InChI is InChI=1S/C74H86FN7O21/c1-40-51(38-74(97)64(102-69(95)47-23-15-10-16-24-47)62-72(7,52(85)37-53-73(62,39-98-53)103-43(4)84)63(90)60(99-42(3)83)58(40)71(74,5)6)100-70(96)61(59(45-19-11-8-12-20-45)82-68(94)46-21-13-9-14-22-46)101-57(89)35-34-54(86)78-36-18-17-25-49(65(76)91)80-56(88)33-31-50(66(77)92)81-67(93)41(2)79-55(87)32-28-44-26-29-48(75)30-27-44/h8-16,19-24,26-30,32,41,49-53,59-62,64,85,97H,17-18,25,31,33-39H2,1-7H3,(H2,76,91)(H2,77,92)(H,78,86)(H,79,87)(H,80,88)(H,81,93)(H,82,94)/b32-28+/t41?,49?,50-,51-,52-,53+,59+,60+,61+,62-,64-,72+,73-,74+/m0/s1. The average molecular weight is 1430 g/mol. The molecular formula is C74H86FN7O21. The lowest BCUT2D eigenvalue weighted by atomic mass is 9.44. The summed E-state index contributed by atoms with van der Waals surface area (Å²) in [6, 6.07) is 23.3. The van der Waals surface area contributed by atoms with Gasteiger partial charge in [-0.2, -0.15) is 0 Å². The Bertz CT molecular complexity index is 3930. The predicted molar refractivity (Wildman–Crippen MR) is 362 cm³/mol. The molecule has 4 aromatic rings. The summed E-state index contributed by atoms with van der Waals surface area (Å²) < 4.78 is 50.2. The van der Waals surface area contributed by atoms with E-state index in [1.54, 1.807) is 54.6 Å². The summed E-state index contributed by atoms with van der Waals surface area (Å²) in [6.07, 6.45) is -10.6. The number of nitrogens with two attached hydrogens (primary N) is 2. The molecule has 1 aliphatic heterocycles. The number of hydrogen-bond donors (Lipinski definition) is 9. The van der Waals surface area contributed by atoms with E-state index in [1.165, 1.54) is 101 Å². The number of benzene rings is 4.